The van der Waals surface area contributed by atoms with Crippen molar-refractivity contribution in [2.24, 2.45) is 5.92 Å². The molecular weight excluding hydrogens is 857 g/mol. The molecule has 4 unspecified atom stereocenters. The van der Waals surface area contributed by atoms with Crippen molar-refractivity contribution in [1.82, 2.24) is 0 Å². The van der Waals surface area contributed by atoms with Crippen LogP contribution in [0.25, 0.3) is 99.0 Å². The minimum Gasteiger partial charge on any atom is -0.484 e. The van der Waals surface area contributed by atoms with Crippen LogP contribution in [0.5, 0.6) is 0 Å². The fourth-order valence-electron chi connectivity index (χ4n) is 13.4. The van der Waals surface area contributed by atoms with E-state index >= 15 is 0 Å². The minimum atomic E-state index is 0.0346. The summed E-state index contributed by atoms with van der Waals surface area (Å²) in [6, 6.07) is 56.2. The molecule has 0 radical (unpaired) electrons. The third-order valence-corrected chi connectivity index (χ3v) is 16.6. The Balaban J connectivity index is 0.840. The van der Waals surface area contributed by atoms with Gasteiger partial charge in [0.1, 0.15) is 34.5 Å². The molecule has 1 fully saturated rings. The highest BCUT2D eigenvalue weighted by atomic mass is 16.5. The lowest BCUT2D eigenvalue weighted by Crippen LogP contribution is -2.24. The molecule has 8 aromatic carbocycles. The number of para-hydroxylation sites is 1. The van der Waals surface area contributed by atoms with Crippen LogP contribution in [0, 0.1) is 5.92 Å². The lowest BCUT2D eigenvalue weighted by Gasteiger charge is -2.25. The monoisotopic (exact) mass is 902 g/mol. The number of furan rings is 2. The van der Waals surface area contributed by atoms with Crippen LogP contribution in [-0.4, -0.2) is 18.3 Å². The van der Waals surface area contributed by atoms with E-state index in [-0.39, 0.29) is 24.2 Å². The van der Waals surface area contributed by atoms with E-state index in [2.05, 4.69) is 182 Å². The molecule has 0 spiro atoms. The standard InChI is InChI=1S/C66H46O4/c1-2-12-43-38(10-1)11-9-17-44(43)41-24-28-48-54(35-41)61(39-22-20-37(21-23-39)40-26-31-57-53(34-40)50-30-33-59-64(66(50)69-57)52-16-6-8-19-56(52)68-59)46-13-3-4-14-47(46)62(48)42-25-27-45-49-29-32-58-63(65(49)70-60(45)36-42)51-15-5-7-18-55(51)67-58/h1-28,34-36,51,55,57-58,63H,29-33H2/t51?,55?,57-,58?,63?/m0/s1. The Morgan fingerprint density at radius 2 is 1.24 bits per heavy atom. The highest BCUT2D eigenvalue weighted by Crippen LogP contribution is 2.53. The Hall–Kier alpha value is -7.92. The molecule has 0 saturated carbocycles. The molecule has 4 aliphatic carbocycles. The van der Waals surface area contributed by atoms with Gasteiger partial charge >= 0.3 is 0 Å². The molecule has 6 aliphatic rings. The third-order valence-electron chi connectivity index (χ3n) is 16.6. The van der Waals surface area contributed by atoms with Crippen molar-refractivity contribution < 1.29 is 18.3 Å². The highest BCUT2D eigenvalue weighted by Gasteiger charge is 2.48. The van der Waals surface area contributed by atoms with Gasteiger partial charge in [0.05, 0.1) is 23.7 Å². The lowest BCUT2D eigenvalue weighted by molar-refractivity contribution is 0.0526. The molecule has 5 atom stereocenters. The van der Waals surface area contributed by atoms with Crippen molar-refractivity contribution >= 4 is 65.6 Å². The summed E-state index contributed by atoms with van der Waals surface area (Å²) in [7, 11) is 0. The van der Waals surface area contributed by atoms with Crippen LogP contribution in [0.4, 0.5) is 0 Å². The second-order valence-electron chi connectivity index (χ2n) is 20.2. The zero-order valence-electron chi connectivity index (χ0n) is 38.5. The predicted octanol–water partition coefficient (Wildman–Crippen LogP) is 16.6. The second kappa shape index (κ2) is 14.8. The third kappa shape index (κ3) is 5.63. The molecule has 334 valence electrons. The van der Waals surface area contributed by atoms with E-state index in [4.69, 9.17) is 18.3 Å². The molecule has 0 amide bonds. The fraction of sp³-hybridized carbons (Fsp3) is 0.152. The number of fused-ring (bicyclic) bond motifs is 16. The normalized spacial score (nSPS) is 21.9. The van der Waals surface area contributed by atoms with Crippen LogP contribution in [-0.2, 0) is 22.3 Å². The lowest BCUT2D eigenvalue weighted by atomic mass is 9.77. The van der Waals surface area contributed by atoms with Crippen molar-refractivity contribution in [2.75, 3.05) is 0 Å². The fourth-order valence-corrected chi connectivity index (χ4v) is 13.4. The molecule has 2 aliphatic heterocycles. The average molecular weight is 903 g/mol. The van der Waals surface area contributed by atoms with E-state index in [1.54, 1.807) is 0 Å². The molecule has 4 heteroatoms. The average Bonchev–Trinajstić information content (AvgIpc) is 4.19. The maximum Gasteiger partial charge on any atom is 0.135 e. The molecule has 0 bridgehead atoms. The van der Waals surface area contributed by atoms with Gasteiger partial charge in [-0.05, 0) is 120 Å². The SMILES string of the molecule is C1=CC2OC3CCc4c(oc5cc(-c6c7ccccc7c(-c7ccc(C8=CC[C@@H]9OC%10=C(CCc%11oc%12ccccc%12c%11%10)C9=C8)cc7)c7cc(-c8cccc9ccccc89)ccc67)ccc45)C3C2C=C1. The number of benzene rings is 8. The number of ether oxygens (including phenoxy) is 2. The summed E-state index contributed by atoms with van der Waals surface area (Å²) < 4.78 is 26.7. The molecular formula is C66H46O4. The van der Waals surface area contributed by atoms with Gasteiger partial charge in [-0.3, -0.25) is 0 Å². The maximum absolute atomic E-state index is 7.03. The molecule has 4 nitrogen and oxygen atoms in total. The first-order valence-corrected chi connectivity index (χ1v) is 25.1. The van der Waals surface area contributed by atoms with Crippen LogP contribution in [0.3, 0.4) is 0 Å². The topological polar surface area (TPSA) is 44.7 Å². The molecule has 70 heavy (non-hydrogen) atoms. The van der Waals surface area contributed by atoms with Crippen molar-refractivity contribution in [3.05, 3.63) is 227 Å². The first-order chi connectivity index (χ1) is 34.7. The van der Waals surface area contributed by atoms with Gasteiger partial charge in [0.25, 0.3) is 0 Å². The first-order valence-electron chi connectivity index (χ1n) is 25.1. The quantitative estimate of drug-likeness (QED) is 0.165. The van der Waals surface area contributed by atoms with Gasteiger partial charge in [0.15, 0.2) is 0 Å². The molecule has 4 heterocycles. The zero-order chi connectivity index (χ0) is 45.6. The van der Waals surface area contributed by atoms with Crippen molar-refractivity contribution in [3.63, 3.8) is 0 Å². The van der Waals surface area contributed by atoms with Gasteiger partial charge in [-0.15, -0.1) is 0 Å². The Labute approximate surface area is 405 Å². The smallest absolute Gasteiger partial charge is 0.135 e. The Morgan fingerprint density at radius 3 is 2.14 bits per heavy atom. The number of hydrogen-bond acceptors (Lipinski definition) is 4. The Kier molecular flexibility index (Phi) is 8.24. The number of rotatable bonds is 4. The largest absolute Gasteiger partial charge is 0.484 e. The summed E-state index contributed by atoms with van der Waals surface area (Å²) in [4.78, 5) is 0. The van der Waals surface area contributed by atoms with E-state index in [0.717, 1.165) is 77.1 Å². The van der Waals surface area contributed by atoms with E-state index < -0.39 is 0 Å². The number of hydrogen-bond donors (Lipinski definition) is 0. The van der Waals surface area contributed by atoms with Gasteiger partial charge in [-0.2, -0.15) is 0 Å². The van der Waals surface area contributed by atoms with E-state index in [0.29, 0.717) is 5.92 Å². The first kappa shape index (κ1) is 39.0. The van der Waals surface area contributed by atoms with Gasteiger partial charge in [0.2, 0.25) is 0 Å². The molecule has 2 aromatic heterocycles. The molecule has 16 rings (SSSR count). The highest BCUT2D eigenvalue weighted by molar-refractivity contribution is 6.22. The predicted molar refractivity (Wildman–Crippen MR) is 284 cm³/mol. The minimum absolute atomic E-state index is 0.0346. The Morgan fingerprint density at radius 1 is 0.514 bits per heavy atom. The number of allylic oxidation sites excluding steroid dienone is 4. The summed E-state index contributed by atoms with van der Waals surface area (Å²) in [5.41, 5.74) is 16.8. The van der Waals surface area contributed by atoms with Crippen LogP contribution in [0.1, 0.15) is 53.4 Å². The van der Waals surface area contributed by atoms with Crippen LogP contribution >= 0.6 is 0 Å². The van der Waals surface area contributed by atoms with Crippen molar-refractivity contribution in [3.8, 4) is 33.4 Å². The van der Waals surface area contributed by atoms with Gasteiger partial charge < -0.3 is 18.3 Å². The van der Waals surface area contributed by atoms with Gasteiger partial charge in [-0.1, -0.05) is 164 Å². The summed E-state index contributed by atoms with van der Waals surface area (Å²) in [6.07, 6.45) is 18.6. The van der Waals surface area contributed by atoms with Gasteiger partial charge in [0, 0.05) is 46.2 Å². The second-order valence-corrected chi connectivity index (χ2v) is 20.2. The molecule has 10 aromatic rings. The zero-order valence-corrected chi connectivity index (χ0v) is 38.5. The Bertz CT molecular complexity index is 4070. The summed E-state index contributed by atoms with van der Waals surface area (Å²) >= 11 is 0. The maximum atomic E-state index is 7.03. The van der Waals surface area contributed by atoms with Crippen molar-refractivity contribution in [2.45, 2.75) is 56.3 Å². The summed E-state index contributed by atoms with van der Waals surface area (Å²) in [5, 5.41) is 9.78. The van der Waals surface area contributed by atoms with Crippen LogP contribution in [0.15, 0.2) is 208 Å². The molecule has 1 saturated heterocycles. The van der Waals surface area contributed by atoms with Crippen LogP contribution in [0.2, 0.25) is 0 Å². The van der Waals surface area contributed by atoms with Gasteiger partial charge in [-0.25, -0.2) is 0 Å². The summed E-state index contributed by atoms with van der Waals surface area (Å²) in [5.74, 6) is 3.73. The van der Waals surface area contributed by atoms with E-state index in [1.807, 2.05) is 6.07 Å². The number of aryl methyl sites for hydroxylation is 2. The summed E-state index contributed by atoms with van der Waals surface area (Å²) in [6.45, 7) is 0. The van der Waals surface area contributed by atoms with E-state index in [9.17, 15) is 0 Å². The van der Waals surface area contributed by atoms with Crippen LogP contribution < -0.4 is 0 Å². The van der Waals surface area contributed by atoms with E-state index in [1.165, 1.54) is 93.4 Å². The molecule has 0 N–H and O–H groups in total. The van der Waals surface area contributed by atoms with Crippen molar-refractivity contribution in [1.29, 1.82) is 0 Å².